The van der Waals surface area contributed by atoms with Crippen molar-refractivity contribution in [3.8, 4) is 0 Å². The molecule has 2 fully saturated rings. The largest absolute Gasteiger partial charge is 0.378 e. The number of amides is 1. The van der Waals surface area contributed by atoms with Gasteiger partial charge in [-0.25, -0.2) is 13.1 Å². The Morgan fingerprint density at radius 1 is 1.22 bits per heavy atom. The fourth-order valence-corrected chi connectivity index (χ4v) is 5.02. The SMILES string of the molecule is CN(C)CCNS(=O)(=O)c1ccc(N2CCC(C(=O)N3CCOCC3)CC2)c([N+](=O)[O-])c1. The standard InChI is InChI=1S/C20H31N5O6S/c1-22(2)10-7-21-32(29,30)17-3-4-18(19(15-17)25(27)28)23-8-5-16(6-9-23)20(26)24-11-13-31-14-12-24/h3-4,15-16,21H,5-14H2,1-2H3. The van der Waals surface area contributed by atoms with Gasteiger partial charge in [0, 0.05) is 51.3 Å². The normalized spacial score (nSPS) is 18.2. The van der Waals surface area contributed by atoms with Gasteiger partial charge in [-0.2, -0.15) is 0 Å². The predicted molar refractivity (Wildman–Crippen MR) is 119 cm³/mol. The summed E-state index contributed by atoms with van der Waals surface area (Å²) in [5.41, 5.74) is 0.123. The Labute approximate surface area is 188 Å². The number of likely N-dealkylation sites (N-methyl/N-ethyl adjacent to an activating group) is 1. The van der Waals surface area contributed by atoms with Crippen molar-refractivity contribution >= 4 is 27.3 Å². The second-order valence-corrected chi connectivity index (χ2v) is 10.1. The van der Waals surface area contributed by atoms with Gasteiger partial charge < -0.3 is 19.4 Å². The van der Waals surface area contributed by atoms with Crippen LogP contribution in [0.15, 0.2) is 23.1 Å². The van der Waals surface area contributed by atoms with Crippen molar-refractivity contribution in [3.63, 3.8) is 0 Å². The van der Waals surface area contributed by atoms with Gasteiger partial charge >= 0.3 is 0 Å². The van der Waals surface area contributed by atoms with Crippen molar-refractivity contribution in [3.05, 3.63) is 28.3 Å². The molecule has 3 rings (SSSR count). The Hall–Kier alpha value is -2.28. The summed E-state index contributed by atoms with van der Waals surface area (Å²) >= 11 is 0. The van der Waals surface area contributed by atoms with Crippen LogP contribution in [0.1, 0.15) is 12.8 Å². The van der Waals surface area contributed by atoms with Crippen molar-refractivity contribution in [2.75, 3.05) is 71.5 Å². The van der Waals surface area contributed by atoms with Crippen molar-refractivity contribution in [2.24, 2.45) is 5.92 Å². The molecule has 1 aromatic rings. The Morgan fingerprint density at radius 2 is 1.88 bits per heavy atom. The van der Waals surface area contributed by atoms with Crippen LogP contribution in [0.3, 0.4) is 0 Å². The van der Waals surface area contributed by atoms with E-state index >= 15 is 0 Å². The summed E-state index contributed by atoms with van der Waals surface area (Å²) in [4.78, 5) is 29.3. The van der Waals surface area contributed by atoms with Crippen LogP contribution in [0.4, 0.5) is 11.4 Å². The molecule has 32 heavy (non-hydrogen) atoms. The number of nitro groups is 1. The highest BCUT2D eigenvalue weighted by molar-refractivity contribution is 7.89. The van der Waals surface area contributed by atoms with Gasteiger partial charge in [-0.3, -0.25) is 14.9 Å². The number of nitro benzene ring substituents is 1. The lowest BCUT2D eigenvalue weighted by Gasteiger charge is -2.36. The number of rotatable bonds is 8. The molecule has 0 aromatic heterocycles. The van der Waals surface area contributed by atoms with E-state index < -0.39 is 14.9 Å². The quantitative estimate of drug-likeness (QED) is 0.431. The number of hydrogen-bond acceptors (Lipinski definition) is 8. The van der Waals surface area contributed by atoms with E-state index in [2.05, 4.69) is 4.72 Å². The van der Waals surface area contributed by atoms with Gasteiger partial charge in [-0.05, 0) is 39.1 Å². The number of hydrogen-bond donors (Lipinski definition) is 1. The minimum Gasteiger partial charge on any atom is -0.378 e. The van der Waals surface area contributed by atoms with E-state index in [1.807, 2.05) is 28.8 Å². The number of benzene rings is 1. The third kappa shape index (κ3) is 5.94. The monoisotopic (exact) mass is 469 g/mol. The molecule has 1 aromatic carbocycles. The smallest absolute Gasteiger partial charge is 0.293 e. The second kappa shape index (κ2) is 10.6. The lowest BCUT2D eigenvalue weighted by molar-refractivity contribution is -0.384. The highest BCUT2D eigenvalue weighted by Crippen LogP contribution is 2.34. The van der Waals surface area contributed by atoms with Crippen LogP contribution < -0.4 is 9.62 Å². The van der Waals surface area contributed by atoms with Gasteiger partial charge in [-0.1, -0.05) is 0 Å². The van der Waals surface area contributed by atoms with Crippen molar-refractivity contribution in [1.29, 1.82) is 0 Å². The van der Waals surface area contributed by atoms with Crippen molar-refractivity contribution in [1.82, 2.24) is 14.5 Å². The van der Waals surface area contributed by atoms with Crippen LogP contribution in [-0.2, 0) is 19.6 Å². The van der Waals surface area contributed by atoms with Crippen LogP contribution in [0, 0.1) is 16.0 Å². The number of morpholine rings is 1. The number of anilines is 1. The first-order chi connectivity index (χ1) is 15.2. The molecule has 2 saturated heterocycles. The molecular formula is C20H31N5O6S. The molecule has 11 nitrogen and oxygen atoms in total. The number of ether oxygens (including phenoxy) is 1. The number of piperidine rings is 1. The number of nitrogens with zero attached hydrogens (tertiary/aromatic N) is 4. The lowest BCUT2D eigenvalue weighted by atomic mass is 9.94. The fourth-order valence-electron chi connectivity index (χ4n) is 3.98. The topological polar surface area (TPSA) is 125 Å². The summed E-state index contributed by atoms with van der Waals surface area (Å²) in [5.74, 6) is 0.0108. The fraction of sp³-hybridized carbons (Fsp3) is 0.650. The summed E-state index contributed by atoms with van der Waals surface area (Å²) in [5, 5.41) is 11.7. The summed E-state index contributed by atoms with van der Waals surface area (Å²) in [6.45, 7) is 4.01. The lowest BCUT2D eigenvalue weighted by Crippen LogP contribution is -2.46. The van der Waals surface area contributed by atoms with Gasteiger partial charge in [-0.15, -0.1) is 0 Å². The zero-order valence-corrected chi connectivity index (χ0v) is 19.3. The Balaban J connectivity index is 1.69. The number of sulfonamides is 1. The van der Waals surface area contributed by atoms with Crippen LogP contribution in [0.25, 0.3) is 0 Å². The average molecular weight is 470 g/mol. The molecular weight excluding hydrogens is 438 g/mol. The minimum atomic E-state index is -3.85. The molecule has 2 aliphatic heterocycles. The molecule has 0 spiro atoms. The molecule has 0 bridgehead atoms. The summed E-state index contributed by atoms with van der Waals surface area (Å²) in [7, 11) is -0.202. The molecule has 2 aliphatic rings. The summed E-state index contributed by atoms with van der Waals surface area (Å²) < 4.78 is 32.8. The van der Waals surface area contributed by atoms with Crippen molar-refractivity contribution in [2.45, 2.75) is 17.7 Å². The summed E-state index contributed by atoms with van der Waals surface area (Å²) in [6, 6.07) is 3.99. The maximum absolute atomic E-state index is 12.7. The van der Waals surface area contributed by atoms with E-state index in [1.165, 1.54) is 12.1 Å². The number of carbonyl (C=O) groups is 1. The van der Waals surface area contributed by atoms with Crippen LogP contribution in [-0.4, -0.2) is 95.6 Å². The molecule has 0 radical (unpaired) electrons. The van der Waals surface area contributed by atoms with Gasteiger partial charge in [0.25, 0.3) is 5.69 Å². The zero-order chi connectivity index (χ0) is 23.3. The van der Waals surface area contributed by atoms with Gasteiger partial charge in [0.2, 0.25) is 15.9 Å². The molecule has 0 aliphatic carbocycles. The zero-order valence-electron chi connectivity index (χ0n) is 18.5. The van der Waals surface area contributed by atoms with Gasteiger partial charge in [0.1, 0.15) is 5.69 Å². The molecule has 0 unspecified atom stereocenters. The van der Waals surface area contributed by atoms with Crippen molar-refractivity contribution < 1.29 is 22.9 Å². The molecule has 1 N–H and O–H groups in total. The van der Waals surface area contributed by atoms with E-state index in [1.54, 1.807) is 0 Å². The third-order valence-electron chi connectivity index (χ3n) is 5.81. The van der Waals surface area contributed by atoms with Gasteiger partial charge in [0.15, 0.2) is 0 Å². The molecule has 178 valence electrons. The second-order valence-electron chi connectivity index (χ2n) is 8.31. The van der Waals surface area contributed by atoms with Crippen LogP contribution in [0.5, 0.6) is 0 Å². The Morgan fingerprint density at radius 3 is 2.47 bits per heavy atom. The number of carbonyl (C=O) groups excluding carboxylic acids is 1. The summed E-state index contributed by atoms with van der Waals surface area (Å²) in [6.07, 6.45) is 1.19. The molecule has 12 heteroatoms. The first-order valence-electron chi connectivity index (χ1n) is 10.7. The Kier molecular flexibility index (Phi) is 8.04. The van der Waals surface area contributed by atoms with E-state index in [-0.39, 0.29) is 29.0 Å². The molecule has 2 heterocycles. The Bertz CT molecular complexity index is 924. The van der Waals surface area contributed by atoms with Crippen LogP contribution in [0.2, 0.25) is 0 Å². The molecule has 0 saturated carbocycles. The maximum Gasteiger partial charge on any atom is 0.293 e. The molecule has 1 amide bonds. The van der Waals surface area contributed by atoms with E-state index in [4.69, 9.17) is 4.74 Å². The number of nitrogens with one attached hydrogen (secondary N) is 1. The minimum absolute atomic E-state index is 0.107. The third-order valence-corrected chi connectivity index (χ3v) is 7.27. The molecule has 0 atom stereocenters. The van der Waals surface area contributed by atoms with E-state index in [9.17, 15) is 23.3 Å². The predicted octanol–water partition coefficient (Wildman–Crippen LogP) is 0.510. The van der Waals surface area contributed by atoms with E-state index in [0.717, 1.165) is 6.07 Å². The highest BCUT2D eigenvalue weighted by atomic mass is 32.2. The first-order valence-corrected chi connectivity index (χ1v) is 12.2. The van der Waals surface area contributed by atoms with Gasteiger partial charge in [0.05, 0.1) is 23.0 Å². The van der Waals surface area contributed by atoms with Crippen LogP contribution >= 0.6 is 0 Å². The first kappa shape index (κ1) is 24.4. The maximum atomic E-state index is 12.7. The average Bonchev–Trinajstić information content (AvgIpc) is 2.78. The van der Waals surface area contributed by atoms with E-state index in [0.29, 0.717) is 64.5 Å². The highest BCUT2D eigenvalue weighted by Gasteiger charge is 2.32.